The van der Waals surface area contributed by atoms with Gasteiger partial charge in [-0.25, -0.2) is 22.2 Å². The normalized spacial score (nSPS) is 13.3. The number of benzene rings is 1. The molecule has 0 bridgehead atoms. The highest BCUT2D eigenvalue weighted by Gasteiger charge is 2.29. The predicted octanol–water partition coefficient (Wildman–Crippen LogP) is 5.12. The van der Waals surface area contributed by atoms with Gasteiger partial charge in [0.15, 0.2) is 10.7 Å². The molecule has 0 saturated carbocycles. The summed E-state index contributed by atoms with van der Waals surface area (Å²) in [7, 11) is -2.81. The van der Waals surface area contributed by atoms with E-state index in [-0.39, 0.29) is 17.1 Å². The summed E-state index contributed by atoms with van der Waals surface area (Å²) in [5.41, 5.74) is -0.0436. The number of likely N-dealkylation sites (N-methyl/N-ethyl adjacent to an activating group) is 1. The maximum absolute atomic E-state index is 14.9. The zero-order valence-corrected chi connectivity index (χ0v) is 20.2. The van der Waals surface area contributed by atoms with E-state index >= 15 is 0 Å². The lowest BCUT2D eigenvalue weighted by Crippen LogP contribution is -2.40. The largest absolute Gasteiger partial charge is 0.382 e. The molecule has 0 aliphatic rings. The Labute approximate surface area is 192 Å². The van der Waals surface area contributed by atoms with Crippen molar-refractivity contribution in [2.45, 2.75) is 45.1 Å². The standard InChI is InChI=1S/C21H28ClF3N4O2S/c1-6-29(5)13(11-21(2,3)4)12-26-15-10-14(23)20(19(25)18(15)22)32(30,31)28-17-9-7-8-16(24)27-17/h7-10,13,26H,6,11-12H2,1-5H3,(H,27,28). The minimum absolute atomic E-state index is 0.0185. The van der Waals surface area contributed by atoms with Gasteiger partial charge in [0.2, 0.25) is 5.95 Å². The van der Waals surface area contributed by atoms with E-state index in [2.05, 4.69) is 36.0 Å². The number of hydrogen-bond acceptors (Lipinski definition) is 5. The Kier molecular flexibility index (Phi) is 8.41. The van der Waals surface area contributed by atoms with Crippen LogP contribution in [0.25, 0.3) is 0 Å². The summed E-state index contributed by atoms with van der Waals surface area (Å²) < 4.78 is 69.8. The van der Waals surface area contributed by atoms with Crippen molar-refractivity contribution in [3.63, 3.8) is 0 Å². The highest BCUT2D eigenvalue weighted by Crippen LogP contribution is 2.33. The average Bonchev–Trinajstić information content (AvgIpc) is 2.66. The van der Waals surface area contributed by atoms with Crippen molar-refractivity contribution in [1.29, 1.82) is 0 Å². The van der Waals surface area contributed by atoms with Crippen LogP contribution in [0.3, 0.4) is 0 Å². The second-order valence-corrected chi connectivity index (χ2v) is 10.7. The molecule has 1 atom stereocenters. The lowest BCUT2D eigenvalue weighted by Gasteiger charge is -2.33. The molecule has 11 heteroatoms. The Morgan fingerprint density at radius 1 is 1.22 bits per heavy atom. The molecule has 2 aromatic rings. The minimum Gasteiger partial charge on any atom is -0.382 e. The van der Waals surface area contributed by atoms with E-state index < -0.39 is 43.3 Å². The van der Waals surface area contributed by atoms with Gasteiger partial charge in [-0.1, -0.05) is 45.4 Å². The first-order chi connectivity index (χ1) is 14.7. The number of aromatic nitrogens is 1. The van der Waals surface area contributed by atoms with Crippen LogP contribution in [0, 0.1) is 23.0 Å². The van der Waals surface area contributed by atoms with Gasteiger partial charge in [-0.05, 0) is 37.6 Å². The summed E-state index contributed by atoms with van der Waals surface area (Å²) in [6, 6.07) is 4.23. The lowest BCUT2D eigenvalue weighted by molar-refractivity contribution is 0.194. The molecule has 1 unspecified atom stereocenters. The number of sulfonamides is 1. The van der Waals surface area contributed by atoms with Gasteiger partial charge in [0.05, 0.1) is 5.69 Å². The predicted molar refractivity (Wildman–Crippen MR) is 121 cm³/mol. The summed E-state index contributed by atoms with van der Waals surface area (Å²) in [5.74, 6) is -4.16. The van der Waals surface area contributed by atoms with E-state index in [1.54, 1.807) is 0 Å². The first-order valence-corrected chi connectivity index (χ1v) is 11.9. The lowest BCUT2D eigenvalue weighted by atomic mass is 9.87. The third-order valence-electron chi connectivity index (χ3n) is 4.84. The third-order valence-corrected chi connectivity index (χ3v) is 6.60. The molecule has 178 valence electrons. The van der Waals surface area contributed by atoms with Crippen LogP contribution in [0.15, 0.2) is 29.2 Å². The zero-order valence-electron chi connectivity index (χ0n) is 18.6. The Hall–Kier alpha value is -2.04. The Morgan fingerprint density at radius 2 is 1.88 bits per heavy atom. The van der Waals surface area contributed by atoms with Crippen LogP contribution in [0.1, 0.15) is 34.1 Å². The van der Waals surface area contributed by atoms with Crippen LogP contribution >= 0.6 is 11.6 Å². The van der Waals surface area contributed by atoms with Gasteiger partial charge in [0.25, 0.3) is 10.0 Å². The molecule has 0 spiro atoms. The number of nitrogens with one attached hydrogen (secondary N) is 2. The molecular formula is C21H28ClF3N4O2S. The van der Waals surface area contributed by atoms with Crippen molar-refractivity contribution < 1.29 is 21.6 Å². The minimum atomic E-state index is -4.75. The highest BCUT2D eigenvalue weighted by molar-refractivity contribution is 7.92. The zero-order chi connectivity index (χ0) is 24.3. The molecule has 2 N–H and O–H groups in total. The first kappa shape index (κ1) is 26.2. The van der Waals surface area contributed by atoms with Gasteiger partial charge in [-0.15, -0.1) is 0 Å². The molecule has 6 nitrogen and oxygen atoms in total. The number of hydrogen-bond donors (Lipinski definition) is 2. The maximum Gasteiger partial charge on any atom is 0.268 e. The SMILES string of the molecule is CCN(C)C(CNc1cc(F)c(S(=O)(=O)Nc2cccc(F)n2)c(F)c1Cl)CC(C)(C)C. The molecule has 0 aliphatic carbocycles. The number of anilines is 2. The smallest absolute Gasteiger partial charge is 0.268 e. The third kappa shape index (κ3) is 6.73. The van der Waals surface area contributed by atoms with Crippen LogP contribution in [-0.4, -0.2) is 44.5 Å². The van der Waals surface area contributed by atoms with E-state index in [9.17, 15) is 21.6 Å². The summed E-state index contributed by atoms with van der Waals surface area (Å²) >= 11 is 6.05. The molecule has 0 radical (unpaired) electrons. The summed E-state index contributed by atoms with van der Waals surface area (Å²) in [6.45, 7) is 9.40. The number of pyridine rings is 1. The van der Waals surface area contributed by atoms with Crippen LogP contribution in [-0.2, 0) is 10.0 Å². The van der Waals surface area contributed by atoms with Gasteiger partial charge in [0, 0.05) is 18.7 Å². The maximum atomic E-state index is 14.9. The van der Waals surface area contributed by atoms with Crippen LogP contribution in [0.4, 0.5) is 24.7 Å². The van der Waals surface area contributed by atoms with E-state index in [1.807, 2.05) is 18.7 Å². The van der Waals surface area contributed by atoms with E-state index in [0.717, 1.165) is 31.2 Å². The Bertz CT molecular complexity index is 1060. The van der Waals surface area contributed by atoms with Gasteiger partial charge in [0.1, 0.15) is 16.7 Å². The average molecular weight is 493 g/mol. The second kappa shape index (κ2) is 10.3. The molecule has 0 amide bonds. The fourth-order valence-corrected chi connectivity index (χ4v) is 4.60. The van der Waals surface area contributed by atoms with Crippen molar-refractivity contribution in [2.24, 2.45) is 5.41 Å². The molecule has 1 aromatic heterocycles. The summed E-state index contributed by atoms with van der Waals surface area (Å²) in [6.07, 6.45) is 0.809. The molecular weight excluding hydrogens is 465 g/mol. The van der Waals surface area contributed by atoms with Crippen LogP contribution in [0.2, 0.25) is 5.02 Å². The summed E-state index contributed by atoms with van der Waals surface area (Å²) in [5, 5.41) is 2.38. The topological polar surface area (TPSA) is 74.3 Å². The van der Waals surface area contributed by atoms with E-state index in [4.69, 9.17) is 11.6 Å². The quantitative estimate of drug-likeness (QED) is 0.375. The molecule has 0 aliphatic heterocycles. The van der Waals surface area contributed by atoms with Crippen molar-refractivity contribution in [1.82, 2.24) is 9.88 Å². The van der Waals surface area contributed by atoms with Gasteiger partial charge in [-0.3, -0.25) is 4.72 Å². The monoisotopic (exact) mass is 492 g/mol. The molecule has 1 aromatic carbocycles. The highest BCUT2D eigenvalue weighted by atomic mass is 35.5. The molecule has 0 saturated heterocycles. The Morgan fingerprint density at radius 3 is 2.44 bits per heavy atom. The van der Waals surface area contributed by atoms with Gasteiger partial charge < -0.3 is 10.2 Å². The van der Waals surface area contributed by atoms with E-state index in [1.165, 1.54) is 6.07 Å². The van der Waals surface area contributed by atoms with Crippen molar-refractivity contribution in [2.75, 3.05) is 30.2 Å². The molecule has 2 rings (SSSR count). The van der Waals surface area contributed by atoms with Gasteiger partial charge >= 0.3 is 0 Å². The molecule has 32 heavy (non-hydrogen) atoms. The number of halogens is 4. The van der Waals surface area contributed by atoms with Crippen LogP contribution in [0.5, 0.6) is 0 Å². The van der Waals surface area contributed by atoms with Gasteiger partial charge in [-0.2, -0.15) is 4.39 Å². The van der Waals surface area contributed by atoms with Crippen molar-refractivity contribution in [3.8, 4) is 0 Å². The molecule has 0 fully saturated rings. The van der Waals surface area contributed by atoms with Crippen LogP contribution < -0.4 is 10.0 Å². The Balaban J connectivity index is 2.32. The number of rotatable bonds is 9. The van der Waals surface area contributed by atoms with E-state index in [0.29, 0.717) is 6.54 Å². The second-order valence-electron chi connectivity index (χ2n) is 8.69. The summed E-state index contributed by atoms with van der Waals surface area (Å²) in [4.78, 5) is 4.17. The molecule has 1 heterocycles. The fraction of sp³-hybridized carbons (Fsp3) is 0.476. The van der Waals surface area contributed by atoms with Crippen molar-refractivity contribution >= 4 is 33.1 Å². The first-order valence-electron chi connectivity index (χ1n) is 10.0. The fourth-order valence-electron chi connectivity index (χ4n) is 3.18. The van der Waals surface area contributed by atoms with Crippen molar-refractivity contribution in [3.05, 3.63) is 46.9 Å². The number of nitrogens with zero attached hydrogens (tertiary/aromatic N) is 2.